The molecule has 0 bridgehead atoms. The first-order valence-electron chi connectivity index (χ1n) is 6.59. The van der Waals surface area contributed by atoms with Crippen molar-refractivity contribution < 1.29 is 23.5 Å². The highest BCUT2D eigenvalue weighted by atomic mass is 16.5. The first-order chi connectivity index (χ1) is 10.5. The van der Waals surface area contributed by atoms with Gasteiger partial charge in [-0.3, -0.25) is 9.59 Å². The Labute approximate surface area is 127 Å². The fraction of sp³-hybridized carbons (Fsp3) is 0.188. The molecule has 1 aromatic heterocycles. The average molecular weight is 301 g/mol. The minimum atomic E-state index is -0.617. The van der Waals surface area contributed by atoms with Gasteiger partial charge < -0.3 is 14.5 Å². The van der Waals surface area contributed by atoms with Crippen molar-refractivity contribution in [2.24, 2.45) is 0 Å². The molecule has 1 N–H and O–H groups in total. The van der Waals surface area contributed by atoms with Crippen LogP contribution in [0.15, 0.2) is 41.0 Å². The van der Waals surface area contributed by atoms with Crippen LogP contribution in [0.4, 0.5) is 5.69 Å². The summed E-state index contributed by atoms with van der Waals surface area (Å²) in [5.74, 6) is -0.703. The third kappa shape index (κ3) is 3.82. The standard InChI is InChI=1S/C16H15NO5/c1-10(18)12-3-5-13(6-4-12)17-15(19)9-22-16(20)14-7-8-21-11(14)2/h3-8H,9H2,1-2H3,(H,17,19). The number of ether oxygens (including phenoxy) is 1. The van der Waals surface area contributed by atoms with Crippen LogP contribution < -0.4 is 5.32 Å². The van der Waals surface area contributed by atoms with Crippen LogP contribution in [-0.4, -0.2) is 24.3 Å². The number of ketones is 1. The highest BCUT2D eigenvalue weighted by Gasteiger charge is 2.14. The summed E-state index contributed by atoms with van der Waals surface area (Å²) in [6.45, 7) is 2.69. The molecule has 6 heteroatoms. The zero-order valence-corrected chi connectivity index (χ0v) is 12.2. The minimum Gasteiger partial charge on any atom is -0.469 e. The minimum absolute atomic E-state index is 0.0534. The maximum Gasteiger partial charge on any atom is 0.342 e. The summed E-state index contributed by atoms with van der Waals surface area (Å²) >= 11 is 0. The van der Waals surface area contributed by atoms with E-state index in [0.717, 1.165) is 0 Å². The highest BCUT2D eigenvalue weighted by Crippen LogP contribution is 2.11. The smallest absolute Gasteiger partial charge is 0.342 e. The molecule has 0 aliphatic carbocycles. The van der Waals surface area contributed by atoms with Crippen LogP contribution >= 0.6 is 0 Å². The number of benzene rings is 1. The van der Waals surface area contributed by atoms with E-state index in [1.165, 1.54) is 19.3 Å². The molecule has 0 aliphatic heterocycles. The van der Waals surface area contributed by atoms with Crippen LogP contribution in [0.5, 0.6) is 0 Å². The molecule has 114 valence electrons. The molecule has 0 saturated heterocycles. The lowest BCUT2D eigenvalue weighted by atomic mass is 10.1. The van der Waals surface area contributed by atoms with Gasteiger partial charge in [-0.25, -0.2) is 4.79 Å². The number of carbonyl (C=O) groups excluding carboxylic acids is 3. The number of amides is 1. The number of furan rings is 1. The number of aryl methyl sites for hydroxylation is 1. The van der Waals surface area contributed by atoms with E-state index < -0.39 is 18.5 Å². The first kappa shape index (κ1) is 15.5. The number of rotatable bonds is 5. The largest absolute Gasteiger partial charge is 0.469 e. The van der Waals surface area contributed by atoms with E-state index in [0.29, 0.717) is 22.6 Å². The Morgan fingerprint density at radius 2 is 1.82 bits per heavy atom. The van der Waals surface area contributed by atoms with Gasteiger partial charge in [0, 0.05) is 11.3 Å². The fourth-order valence-electron chi connectivity index (χ4n) is 1.79. The van der Waals surface area contributed by atoms with Crippen molar-refractivity contribution in [2.45, 2.75) is 13.8 Å². The predicted octanol–water partition coefficient (Wildman–Crippen LogP) is 2.59. The topological polar surface area (TPSA) is 85.6 Å². The SMILES string of the molecule is CC(=O)c1ccc(NC(=O)COC(=O)c2ccoc2C)cc1. The summed E-state index contributed by atoms with van der Waals surface area (Å²) in [4.78, 5) is 34.6. The van der Waals surface area contributed by atoms with Crippen molar-refractivity contribution in [3.05, 3.63) is 53.5 Å². The molecule has 6 nitrogen and oxygen atoms in total. The third-order valence-corrected chi connectivity index (χ3v) is 2.99. The van der Waals surface area contributed by atoms with Gasteiger partial charge in [0.1, 0.15) is 11.3 Å². The molecular weight excluding hydrogens is 286 g/mol. The van der Waals surface area contributed by atoms with Crippen LogP contribution in [0, 0.1) is 6.92 Å². The maximum absolute atomic E-state index is 11.7. The van der Waals surface area contributed by atoms with E-state index >= 15 is 0 Å². The fourth-order valence-corrected chi connectivity index (χ4v) is 1.79. The number of Topliss-reactive ketones (excluding diaryl/α,β-unsaturated/α-hetero) is 1. The van der Waals surface area contributed by atoms with E-state index in [1.54, 1.807) is 31.2 Å². The molecule has 1 amide bonds. The molecule has 2 aromatic rings. The zero-order valence-electron chi connectivity index (χ0n) is 12.2. The summed E-state index contributed by atoms with van der Waals surface area (Å²) < 4.78 is 9.89. The molecule has 1 heterocycles. The summed E-state index contributed by atoms with van der Waals surface area (Å²) in [7, 11) is 0. The lowest BCUT2D eigenvalue weighted by molar-refractivity contribution is -0.119. The van der Waals surface area contributed by atoms with E-state index in [-0.39, 0.29) is 5.78 Å². The Balaban J connectivity index is 1.86. The average Bonchev–Trinajstić information content (AvgIpc) is 2.91. The summed E-state index contributed by atoms with van der Waals surface area (Å²) in [6, 6.07) is 7.92. The van der Waals surface area contributed by atoms with Crippen molar-refractivity contribution in [1.82, 2.24) is 0 Å². The normalized spacial score (nSPS) is 10.1. The van der Waals surface area contributed by atoms with Gasteiger partial charge in [-0.2, -0.15) is 0 Å². The van der Waals surface area contributed by atoms with Crippen molar-refractivity contribution in [1.29, 1.82) is 0 Å². The number of carbonyl (C=O) groups is 3. The molecule has 0 radical (unpaired) electrons. The zero-order chi connectivity index (χ0) is 16.1. The molecule has 0 aliphatic rings. The molecule has 22 heavy (non-hydrogen) atoms. The van der Waals surface area contributed by atoms with E-state index in [1.807, 2.05) is 0 Å². The number of esters is 1. The quantitative estimate of drug-likeness (QED) is 0.677. The molecular formula is C16H15NO5. The Morgan fingerprint density at radius 1 is 1.14 bits per heavy atom. The number of hydrogen-bond acceptors (Lipinski definition) is 5. The van der Waals surface area contributed by atoms with Crippen LogP contribution in [0.1, 0.15) is 33.4 Å². The van der Waals surface area contributed by atoms with E-state index in [4.69, 9.17) is 9.15 Å². The van der Waals surface area contributed by atoms with Crippen LogP contribution in [0.3, 0.4) is 0 Å². The van der Waals surface area contributed by atoms with Gasteiger partial charge >= 0.3 is 5.97 Å². The van der Waals surface area contributed by atoms with E-state index in [2.05, 4.69) is 5.32 Å². The van der Waals surface area contributed by atoms with Crippen molar-refractivity contribution in [2.75, 3.05) is 11.9 Å². The van der Waals surface area contributed by atoms with Gasteiger partial charge in [-0.05, 0) is 44.2 Å². The Bertz CT molecular complexity index is 700. The lowest BCUT2D eigenvalue weighted by Gasteiger charge is -2.06. The second-order valence-electron chi connectivity index (χ2n) is 4.65. The molecule has 0 unspecified atom stereocenters. The Hall–Kier alpha value is -2.89. The number of hydrogen-bond donors (Lipinski definition) is 1. The van der Waals surface area contributed by atoms with Gasteiger partial charge in [0.05, 0.1) is 6.26 Å². The van der Waals surface area contributed by atoms with Gasteiger partial charge in [0.15, 0.2) is 12.4 Å². The van der Waals surface area contributed by atoms with Crippen LogP contribution in [-0.2, 0) is 9.53 Å². The molecule has 2 rings (SSSR count). The first-order valence-corrected chi connectivity index (χ1v) is 6.59. The summed E-state index contributed by atoms with van der Waals surface area (Å²) in [5, 5.41) is 2.57. The highest BCUT2D eigenvalue weighted by molar-refractivity contribution is 5.97. The maximum atomic E-state index is 11.7. The van der Waals surface area contributed by atoms with Gasteiger partial charge in [0.2, 0.25) is 0 Å². The van der Waals surface area contributed by atoms with Crippen LogP contribution in [0.2, 0.25) is 0 Å². The second kappa shape index (κ2) is 6.71. The van der Waals surface area contributed by atoms with E-state index in [9.17, 15) is 14.4 Å². The Kier molecular flexibility index (Phi) is 4.73. The van der Waals surface area contributed by atoms with Crippen molar-refractivity contribution in [3.8, 4) is 0 Å². The summed E-state index contributed by atoms with van der Waals surface area (Å²) in [6.07, 6.45) is 1.38. The Morgan fingerprint density at radius 3 is 2.36 bits per heavy atom. The molecule has 0 fully saturated rings. The third-order valence-electron chi connectivity index (χ3n) is 2.99. The van der Waals surface area contributed by atoms with Crippen LogP contribution in [0.25, 0.3) is 0 Å². The van der Waals surface area contributed by atoms with Gasteiger partial charge in [-0.1, -0.05) is 0 Å². The van der Waals surface area contributed by atoms with Crippen molar-refractivity contribution >= 4 is 23.3 Å². The molecule has 0 saturated carbocycles. The molecule has 0 spiro atoms. The second-order valence-corrected chi connectivity index (χ2v) is 4.65. The molecule has 0 atom stereocenters. The monoisotopic (exact) mass is 301 g/mol. The molecule has 1 aromatic carbocycles. The predicted molar refractivity (Wildman–Crippen MR) is 78.8 cm³/mol. The number of nitrogens with one attached hydrogen (secondary N) is 1. The summed E-state index contributed by atoms with van der Waals surface area (Å²) in [5.41, 5.74) is 1.36. The number of anilines is 1. The van der Waals surface area contributed by atoms with Crippen molar-refractivity contribution in [3.63, 3.8) is 0 Å². The van der Waals surface area contributed by atoms with Gasteiger partial charge in [-0.15, -0.1) is 0 Å². The lowest BCUT2D eigenvalue weighted by Crippen LogP contribution is -2.21. The van der Waals surface area contributed by atoms with Gasteiger partial charge in [0.25, 0.3) is 5.91 Å².